The summed E-state index contributed by atoms with van der Waals surface area (Å²) in [5, 5.41) is 52.5. The fraction of sp³-hybridized carbons (Fsp3) is 0.561. The van der Waals surface area contributed by atoms with Crippen LogP contribution in [0.1, 0.15) is 137 Å². The summed E-state index contributed by atoms with van der Waals surface area (Å²) >= 11 is 0. The number of guanidine groups is 1. The maximum Gasteiger partial charge on any atom is 0.404 e. The number of primary amides is 1. The van der Waals surface area contributed by atoms with Crippen molar-refractivity contribution in [1.29, 1.82) is 0 Å². The number of aromatic nitrogens is 4. The van der Waals surface area contributed by atoms with Gasteiger partial charge in [0.2, 0.25) is 35.2 Å². The fourth-order valence-electron chi connectivity index (χ4n) is 11.6. The summed E-state index contributed by atoms with van der Waals surface area (Å²) in [5.74, 6) is -8.14. The SMILES string of the molecule is C.CCCC(=O)C(C)(C)N[C@@H](CC(=O)O)C(=O)N[C@@H](CCCN=C(N)N)C(=O)N[C@@H](CC(=O)O)C(=O)NC.CO[C@@]12[C@H](COC(N)=O)C3=C(C(=O)C(C)=C(NC(C)(C)CCSSC[C@H](C)C(=O)O)C3=O)N1C[C@@H]1C[C@@H]12.C[C@H](CC(=O)c1ccc(NCc2cnc3nc(N)[nH]c(=O)c3n2)cc1)C(=O)O. The third-order valence-corrected chi connectivity index (χ3v) is 19.8. The van der Waals surface area contributed by atoms with Crippen LogP contribution in [0.2, 0.25) is 0 Å². The molecule has 2 aliphatic carbocycles. The Kier molecular flexibility index (Phi) is 31.6. The number of ketones is 4. The topological polar surface area (TPSA) is 568 Å². The van der Waals surface area contributed by atoms with E-state index in [1.165, 1.54) is 44.8 Å². The highest BCUT2D eigenvalue weighted by Gasteiger charge is 2.72. The summed E-state index contributed by atoms with van der Waals surface area (Å²) < 4.78 is 11.2. The lowest BCUT2D eigenvalue weighted by Gasteiger charge is -2.40. The van der Waals surface area contributed by atoms with Gasteiger partial charge in [-0.2, -0.15) is 4.98 Å². The Morgan fingerprint density at radius 2 is 1.47 bits per heavy atom. The quantitative estimate of drug-likeness (QED) is 0.00982. The molecule has 1 aromatic carbocycles. The van der Waals surface area contributed by atoms with Gasteiger partial charge in [0, 0.05) is 85.4 Å². The Morgan fingerprint density at radius 1 is 0.845 bits per heavy atom. The molecule has 9 atom stereocenters. The number of Topliss-reactive ketones (excluding diaryl/α,β-unsaturated/α-hetero) is 4. The van der Waals surface area contributed by atoms with Crippen LogP contribution in [0.25, 0.3) is 11.2 Å². The highest BCUT2D eigenvalue weighted by molar-refractivity contribution is 8.76. The lowest BCUT2D eigenvalue weighted by atomic mass is 9.81. The predicted molar refractivity (Wildman–Crippen MR) is 382 cm³/mol. The first kappa shape index (κ1) is 85.7. The van der Waals surface area contributed by atoms with Gasteiger partial charge in [-0.25, -0.2) is 14.8 Å². The highest BCUT2D eigenvalue weighted by atomic mass is 33.1. The smallest absolute Gasteiger partial charge is 0.404 e. The number of aliphatic carboxylic acids is 4. The molecule has 0 spiro atoms. The van der Waals surface area contributed by atoms with Gasteiger partial charge in [0.25, 0.3) is 5.56 Å². The van der Waals surface area contributed by atoms with Crippen LogP contribution in [0, 0.1) is 29.6 Å². The van der Waals surface area contributed by atoms with E-state index in [0.717, 1.165) is 17.9 Å². The summed E-state index contributed by atoms with van der Waals surface area (Å²) in [5.41, 5.74) is 21.5. The number of nitrogens with zero attached hydrogens (tertiary/aromatic N) is 5. The average molecular weight is 1480 g/mol. The second-order valence-electron chi connectivity index (χ2n) is 26.0. The van der Waals surface area contributed by atoms with E-state index in [2.05, 4.69) is 56.8 Å². The Hall–Kier alpha value is -9.75. The first-order chi connectivity index (χ1) is 47.8. The molecular weight excluding hydrogens is 1380 g/mol. The van der Waals surface area contributed by atoms with E-state index < -0.39 is 119 Å². The lowest BCUT2D eigenvalue weighted by Crippen LogP contribution is -2.60. The van der Waals surface area contributed by atoms with E-state index in [-0.39, 0.29) is 104 Å². The van der Waals surface area contributed by atoms with Crippen LogP contribution in [0.3, 0.4) is 0 Å². The third-order valence-electron chi connectivity index (χ3n) is 17.2. The normalized spacial score (nSPS) is 18.5. The molecule has 3 aromatic rings. The number of ether oxygens (including phenoxy) is 2. The molecule has 7 rings (SSSR count). The first-order valence-corrected chi connectivity index (χ1v) is 35.1. The van der Waals surface area contributed by atoms with Crippen molar-refractivity contribution < 1.29 is 87.4 Å². The number of anilines is 2. The van der Waals surface area contributed by atoms with Gasteiger partial charge in [0.15, 0.2) is 34.4 Å². The number of hydrogen-bond acceptors (Lipinski definition) is 26. The number of nitrogens with two attached hydrogens (primary N) is 4. The maximum atomic E-state index is 14.0. The molecule has 0 unspecified atom stereocenters. The zero-order chi connectivity index (χ0) is 76.3. The number of hydrogen-bond donors (Lipinski definition) is 15. The number of piperidine rings is 1. The van der Waals surface area contributed by atoms with E-state index in [9.17, 15) is 67.4 Å². The molecular formula is C66H96N16O19S2. The molecule has 103 heavy (non-hydrogen) atoms. The second-order valence-corrected chi connectivity index (χ2v) is 28.7. The minimum absolute atomic E-state index is 0. The number of nitrogen functional groups attached to an aromatic ring is 1. The molecule has 19 N–H and O–H groups in total. The van der Waals surface area contributed by atoms with Gasteiger partial charge < -0.3 is 84.3 Å². The average Bonchev–Trinajstić information content (AvgIpc) is 1.50. The van der Waals surface area contributed by atoms with Gasteiger partial charge >= 0.3 is 30.0 Å². The minimum Gasteiger partial charge on any atom is -0.481 e. The molecule has 35 nitrogen and oxygen atoms in total. The van der Waals surface area contributed by atoms with Crippen molar-refractivity contribution in [3.63, 3.8) is 0 Å². The first-order valence-electron chi connectivity index (χ1n) is 32.6. The Balaban J connectivity index is 0.000000329. The molecule has 4 aliphatic rings. The van der Waals surface area contributed by atoms with Gasteiger partial charge in [-0.15, -0.1) is 0 Å². The number of methoxy groups -OCH3 is 1. The van der Waals surface area contributed by atoms with Crippen LogP contribution in [0.15, 0.2) is 62.8 Å². The number of amides is 4. The van der Waals surface area contributed by atoms with Crippen LogP contribution in [-0.4, -0.2) is 202 Å². The monoisotopic (exact) mass is 1480 g/mol. The van der Waals surface area contributed by atoms with E-state index in [4.69, 9.17) is 47.7 Å². The van der Waals surface area contributed by atoms with Gasteiger partial charge in [-0.05, 0) is 96.9 Å². The van der Waals surface area contributed by atoms with Crippen molar-refractivity contribution in [2.24, 2.45) is 51.8 Å². The number of carboxylic acids is 4. The van der Waals surface area contributed by atoms with Crippen LogP contribution in [0.5, 0.6) is 0 Å². The molecule has 4 amide bonds. The van der Waals surface area contributed by atoms with E-state index in [0.29, 0.717) is 65.7 Å². The Morgan fingerprint density at radius 3 is 2.05 bits per heavy atom. The predicted octanol–water partition coefficient (Wildman–Crippen LogP) is 2.19. The maximum absolute atomic E-state index is 14.0. The number of carbonyl (C=O) groups is 12. The van der Waals surface area contributed by atoms with E-state index in [1.807, 2.05) is 18.7 Å². The molecule has 566 valence electrons. The minimum atomic E-state index is -1.43. The number of fused-ring (bicyclic) bond motifs is 5. The molecule has 0 bridgehead atoms. The largest absolute Gasteiger partial charge is 0.481 e. The van der Waals surface area contributed by atoms with Crippen LogP contribution < -0.4 is 60.4 Å². The summed E-state index contributed by atoms with van der Waals surface area (Å²) in [6.07, 6.45) is 1.67. The van der Waals surface area contributed by atoms with Crippen LogP contribution in [0.4, 0.5) is 16.4 Å². The molecule has 37 heteroatoms. The Bertz CT molecular complexity index is 3820. The number of likely N-dealkylation sites (N-methyl/N-ethyl adjacent to an activating group) is 1. The van der Waals surface area contributed by atoms with Gasteiger partial charge in [-0.1, -0.05) is 49.8 Å². The molecule has 1 saturated carbocycles. The number of nitrogens with one attached hydrogen (secondary N) is 7. The lowest BCUT2D eigenvalue weighted by molar-refractivity contribution is -0.146. The van der Waals surface area contributed by atoms with Crippen molar-refractivity contribution in [1.82, 2.24) is 51.4 Å². The third kappa shape index (κ3) is 23.4. The van der Waals surface area contributed by atoms with E-state index >= 15 is 0 Å². The van der Waals surface area contributed by atoms with Gasteiger partial charge in [0.05, 0.1) is 72.0 Å². The van der Waals surface area contributed by atoms with Crippen molar-refractivity contribution in [2.75, 3.05) is 56.4 Å². The number of rotatable bonds is 37. The summed E-state index contributed by atoms with van der Waals surface area (Å²) in [6, 6.07) is 2.58. The standard InChI is InChI=1S/C25H35N3O7S2.C22H39N7O8.C18H18N6O4.CH4/c1-12(22(31)32)11-37-36-7-6-24(3,4)27-18-13(2)20(29)19-17(21(18)30)16(10-35-23(26)33)25(34-5)15-8-14(15)9-28(19)25;1-5-7-15(30)22(2,3)29-14(11-17(33)34)20(37)27-12(8-6-9-26-21(23)24)19(36)28-13(10-16(31)32)18(35)25-4;1-9(17(27)28)6-13(25)10-2-4-11(5-3-10)20-7-12-8-21-15-14(22-12)16(26)24-18(19)23-15;/h12,14-16,27H,6-11H2,1-5H3,(H2,26,33)(H,31,32);12-14,29H,5-11H2,1-4H3,(H,25,35)(H,27,37)(H,28,36)(H,31,32)(H,33,34)(H4,23,24,26);2-5,8-9,20H,6-7H2,1H3,(H,27,28)(H3,19,21,23,24,26);1H4/t12-,14-,15-,16+,25-;12-,13-,14-;9-;/m001./s1. The summed E-state index contributed by atoms with van der Waals surface area (Å²) in [7, 11) is 5.94. The van der Waals surface area contributed by atoms with E-state index in [1.54, 1.807) is 62.9 Å². The second kappa shape index (κ2) is 38.0. The fourth-order valence-corrected chi connectivity index (χ4v) is 14.3. The van der Waals surface area contributed by atoms with Crippen LogP contribution in [-0.2, 0) is 64.0 Å². The number of aromatic amines is 1. The molecule has 4 heterocycles. The molecule has 2 aliphatic heterocycles. The Labute approximate surface area is 602 Å². The number of allylic oxidation sites excluding steroid dienone is 2. The number of carbonyl (C=O) groups excluding carboxylic acids is 8. The van der Waals surface area contributed by atoms with Gasteiger partial charge in [-0.3, -0.25) is 72.8 Å². The highest BCUT2D eigenvalue weighted by Crippen LogP contribution is 2.65. The van der Waals surface area contributed by atoms with Crippen molar-refractivity contribution >= 4 is 121 Å². The van der Waals surface area contributed by atoms with Crippen LogP contribution >= 0.6 is 21.6 Å². The van der Waals surface area contributed by atoms with Crippen molar-refractivity contribution in [3.8, 4) is 0 Å². The number of benzene rings is 1. The number of carboxylic acid groups (broad SMARTS) is 4. The summed E-state index contributed by atoms with van der Waals surface area (Å²) in [4.78, 5) is 178. The zero-order valence-corrected chi connectivity index (χ0v) is 60.0. The van der Waals surface area contributed by atoms with Crippen molar-refractivity contribution in [3.05, 3.63) is 74.6 Å². The van der Waals surface area contributed by atoms with Crippen molar-refractivity contribution in [2.45, 2.75) is 162 Å². The molecule has 1 saturated heterocycles. The number of H-pyrrole nitrogens is 1. The molecule has 0 radical (unpaired) electrons. The van der Waals surface area contributed by atoms with Gasteiger partial charge in [0.1, 0.15) is 18.7 Å². The molecule has 2 aromatic heterocycles. The number of aliphatic imine (C=N–C) groups is 1. The molecule has 2 fully saturated rings. The summed E-state index contributed by atoms with van der Waals surface area (Å²) in [6.45, 7) is 14.5. The zero-order valence-electron chi connectivity index (χ0n) is 58.4.